The van der Waals surface area contributed by atoms with Crippen molar-refractivity contribution in [3.63, 3.8) is 0 Å². The second kappa shape index (κ2) is 6.00. The predicted molar refractivity (Wildman–Crippen MR) is 87.0 cm³/mol. The number of rotatable bonds is 4. The summed E-state index contributed by atoms with van der Waals surface area (Å²) in [7, 11) is 0. The number of aliphatic imine (C=N–C) groups is 1. The molecule has 1 N–H and O–H groups in total. The third-order valence-electron chi connectivity index (χ3n) is 3.71. The maximum absolute atomic E-state index is 6.15. The van der Waals surface area contributed by atoms with Crippen LogP contribution in [0.5, 0.6) is 5.75 Å². The van der Waals surface area contributed by atoms with Crippen LogP contribution in [0.25, 0.3) is 11.1 Å². The van der Waals surface area contributed by atoms with Crippen LogP contribution in [0.4, 0.5) is 0 Å². The molecule has 0 saturated carbocycles. The summed E-state index contributed by atoms with van der Waals surface area (Å²) < 4.78 is 6.15. The van der Waals surface area contributed by atoms with Gasteiger partial charge in [-0.15, -0.1) is 0 Å². The molecule has 3 rings (SSSR count). The van der Waals surface area contributed by atoms with Crippen molar-refractivity contribution in [2.24, 2.45) is 4.99 Å². The molecule has 0 aromatic heterocycles. The van der Waals surface area contributed by atoms with E-state index in [0.29, 0.717) is 0 Å². The van der Waals surface area contributed by atoms with Crippen molar-refractivity contribution in [2.75, 3.05) is 13.1 Å². The molecule has 0 spiro atoms. The van der Waals surface area contributed by atoms with Gasteiger partial charge in [-0.2, -0.15) is 0 Å². The molecule has 0 aliphatic carbocycles. The Morgan fingerprint density at radius 3 is 2.48 bits per heavy atom. The van der Waals surface area contributed by atoms with Crippen LogP contribution in [0.3, 0.4) is 0 Å². The zero-order chi connectivity index (χ0) is 14.7. The highest BCUT2D eigenvalue weighted by atomic mass is 16.5. The lowest BCUT2D eigenvalue weighted by molar-refractivity contribution is 0.285. The lowest BCUT2D eigenvalue weighted by Crippen LogP contribution is -2.33. The zero-order valence-electron chi connectivity index (χ0n) is 12.5. The van der Waals surface area contributed by atoms with Crippen LogP contribution in [0, 0.1) is 6.92 Å². The van der Waals surface area contributed by atoms with Gasteiger partial charge in [0, 0.05) is 12.1 Å². The summed E-state index contributed by atoms with van der Waals surface area (Å²) in [6.07, 6.45) is -0.0577. The van der Waals surface area contributed by atoms with E-state index in [2.05, 4.69) is 47.6 Å². The molecule has 0 amide bonds. The van der Waals surface area contributed by atoms with Crippen LogP contribution < -0.4 is 10.1 Å². The van der Waals surface area contributed by atoms with E-state index in [1.165, 1.54) is 11.1 Å². The molecule has 0 radical (unpaired) electrons. The van der Waals surface area contributed by atoms with E-state index < -0.39 is 0 Å². The number of amidine groups is 1. The van der Waals surface area contributed by atoms with Gasteiger partial charge in [0.2, 0.25) is 0 Å². The summed E-state index contributed by atoms with van der Waals surface area (Å²) in [4.78, 5) is 4.43. The number of para-hydroxylation sites is 1. The molecule has 3 nitrogen and oxygen atoms in total. The first-order chi connectivity index (χ1) is 10.3. The molecule has 0 saturated heterocycles. The number of hydrogen-bond donors (Lipinski definition) is 1. The summed E-state index contributed by atoms with van der Waals surface area (Å²) in [5.41, 5.74) is 3.58. The van der Waals surface area contributed by atoms with Crippen molar-refractivity contribution in [1.29, 1.82) is 0 Å². The standard InChI is InChI=1S/C18H20N2O/c1-13-7-3-4-8-15(13)16-9-5-6-10-17(16)21-14(2)18-19-11-12-20-18/h3-10,14H,11-12H2,1-2H3,(H,19,20)/t14-/m0/s1. The van der Waals surface area contributed by atoms with E-state index in [4.69, 9.17) is 4.74 Å². The average Bonchev–Trinajstić information content (AvgIpc) is 3.03. The Balaban J connectivity index is 1.91. The van der Waals surface area contributed by atoms with Gasteiger partial charge in [0.1, 0.15) is 11.6 Å². The number of nitrogens with one attached hydrogen (secondary N) is 1. The molecule has 3 heteroatoms. The molecule has 108 valence electrons. The first-order valence-corrected chi connectivity index (χ1v) is 7.35. The monoisotopic (exact) mass is 280 g/mol. The van der Waals surface area contributed by atoms with Gasteiger partial charge in [-0.3, -0.25) is 4.99 Å². The van der Waals surface area contributed by atoms with Gasteiger partial charge in [-0.05, 0) is 31.0 Å². The first-order valence-electron chi connectivity index (χ1n) is 7.35. The van der Waals surface area contributed by atoms with Gasteiger partial charge in [0.25, 0.3) is 0 Å². The second-order valence-corrected chi connectivity index (χ2v) is 5.26. The van der Waals surface area contributed by atoms with Gasteiger partial charge in [-0.1, -0.05) is 42.5 Å². The summed E-state index contributed by atoms with van der Waals surface area (Å²) in [6, 6.07) is 16.6. The number of benzene rings is 2. The van der Waals surface area contributed by atoms with E-state index in [0.717, 1.165) is 30.2 Å². The van der Waals surface area contributed by atoms with Gasteiger partial charge >= 0.3 is 0 Å². The molecule has 0 bridgehead atoms. The van der Waals surface area contributed by atoms with Crippen molar-refractivity contribution >= 4 is 5.84 Å². The van der Waals surface area contributed by atoms with E-state index in [1.807, 2.05) is 25.1 Å². The summed E-state index contributed by atoms with van der Waals surface area (Å²) >= 11 is 0. The molecular formula is C18H20N2O. The number of ether oxygens (including phenoxy) is 1. The minimum Gasteiger partial charge on any atom is -0.482 e. The van der Waals surface area contributed by atoms with E-state index >= 15 is 0 Å². The maximum atomic E-state index is 6.15. The molecule has 1 atom stereocenters. The maximum Gasteiger partial charge on any atom is 0.152 e. The molecule has 2 aromatic carbocycles. The van der Waals surface area contributed by atoms with Crippen LogP contribution in [0.15, 0.2) is 53.5 Å². The molecule has 2 aromatic rings. The minimum absolute atomic E-state index is 0.0577. The Labute approximate surface area is 125 Å². The lowest BCUT2D eigenvalue weighted by Gasteiger charge is -2.18. The first kappa shape index (κ1) is 13.7. The van der Waals surface area contributed by atoms with Crippen LogP contribution in [-0.2, 0) is 0 Å². The van der Waals surface area contributed by atoms with Crippen molar-refractivity contribution in [3.8, 4) is 16.9 Å². The second-order valence-electron chi connectivity index (χ2n) is 5.26. The third-order valence-corrected chi connectivity index (χ3v) is 3.71. The molecule has 0 unspecified atom stereocenters. The van der Waals surface area contributed by atoms with E-state index in [9.17, 15) is 0 Å². The Morgan fingerprint density at radius 1 is 1.05 bits per heavy atom. The highest BCUT2D eigenvalue weighted by Gasteiger charge is 2.17. The fourth-order valence-corrected chi connectivity index (χ4v) is 2.60. The molecule has 1 heterocycles. The number of nitrogens with zero attached hydrogens (tertiary/aromatic N) is 1. The van der Waals surface area contributed by atoms with Gasteiger partial charge < -0.3 is 10.1 Å². The van der Waals surface area contributed by atoms with Crippen molar-refractivity contribution in [2.45, 2.75) is 20.0 Å². The Morgan fingerprint density at radius 2 is 1.76 bits per heavy atom. The van der Waals surface area contributed by atoms with Crippen molar-refractivity contribution in [1.82, 2.24) is 5.32 Å². The smallest absolute Gasteiger partial charge is 0.152 e. The summed E-state index contributed by atoms with van der Waals surface area (Å²) in [5.74, 6) is 1.84. The lowest BCUT2D eigenvalue weighted by atomic mass is 10.00. The van der Waals surface area contributed by atoms with Gasteiger partial charge in [0.15, 0.2) is 6.10 Å². The van der Waals surface area contributed by atoms with Crippen LogP contribution in [-0.4, -0.2) is 25.0 Å². The average molecular weight is 280 g/mol. The fraction of sp³-hybridized carbons (Fsp3) is 0.278. The van der Waals surface area contributed by atoms with Crippen molar-refractivity contribution in [3.05, 3.63) is 54.1 Å². The van der Waals surface area contributed by atoms with Crippen LogP contribution in [0.1, 0.15) is 12.5 Å². The molecule has 0 fully saturated rings. The van der Waals surface area contributed by atoms with Crippen LogP contribution >= 0.6 is 0 Å². The van der Waals surface area contributed by atoms with Crippen molar-refractivity contribution < 1.29 is 4.74 Å². The molecule has 21 heavy (non-hydrogen) atoms. The number of aryl methyl sites for hydroxylation is 1. The summed E-state index contributed by atoms with van der Waals surface area (Å²) in [5, 5.41) is 3.27. The van der Waals surface area contributed by atoms with Gasteiger partial charge in [0.05, 0.1) is 6.54 Å². The topological polar surface area (TPSA) is 33.6 Å². The van der Waals surface area contributed by atoms with Crippen LogP contribution in [0.2, 0.25) is 0 Å². The molecule has 1 aliphatic heterocycles. The van der Waals surface area contributed by atoms with E-state index in [-0.39, 0.29) is 6.10 Å². The predicted octanol–water partition coefficient (Wildman–Crippen LogP) is 3.43. The largest absolute Gasteiger partial charge is 0.482 e. The Bertz CT molecular complexity index is 664. The fourth-order valence-electron chi connectivity index (χ4n) is 2.60. The highest BCUT2D eigenvalue weighted by Crippen LogP contribution is 2.32. The quantitative estimate of drug-likeness (QED) is 0.931. The normalized spacial score (nSPS) is 15.2. The van der Waals surface area contributed by atoms with Gasteiger partial charge in [-0.25, -0.2) is 0 Å². The minimum atomic E-state index is -0.0577. The molecule has 1 aliphatic rings. The highest BCUT2D eigenvalue weighted by molar-refractivity contribution is 5.88. The summed E-state index contributed by atoms with van der Waals surface area (Å²) in [6.45, 7) is 5.90. The van der Waals surface area contributed by atoms with E-state index in [1.54, 1.807) is 0 Å². The third kappa shape index (κ3) is 2.92. The molecular weight excluding hydrogens is 260 g/mol. The Kier molecular flexibility index (Phi) is 3.91. The Hall–Kier alpha value is -2.29. The SMILES string of the molecule is Cc1ccccc1-c1ccccc1O[C@@H](C)C1=NCCN1. The number of hydrogen-bond acceptors (Lipinski definition) is 3. The zero-order valence-corrected chi connectivity index (χ0v) is 12.5.